The number of benzene rings is 1. The van der Waals surface area contributed by atoms with Crippen LogP contribution in [0.5, 0.6) is 0 Å². The van der Waals surface area contributed by atoms with Crippen LogP contribution in [0.25, 0.3) is 0 Å². The summed E-state index contributed by atoms with van der Waals surface area (Å²) in [5.41, 5.74) is 0.323. The Hall–Kier alpha value is -0.980. The van der Waals surface area contributed by atoms with Gasteiger partial charge in [-0.25, -0.2) is 8.42 Å². The van der Waals surface area contributed by atoms with Gasteiger partial charge in [-0.3, -0.25) is 9.10 Å². The molecule has 1 aromatic carbocycles. The molecule has 0 spiro atoms. The molecule has 0 aliphatic rings. The van der Waals surface area contributed by atoms with Crippen LogP contribution in [0.2, 0.25) is 10.0 Å². The van der Waals surface area contributed by atoms with Crippen LogP contribution in [-0.2, 0) is 14.8 Å². The molecule has 1 N–H and O–H groups in total. The SMILES string of the molecule is CC(C)C(NC(=O)CCCN(c1cc(Cl)ccc1Cl)S(C)(=O)=O)C(C)C. The molecule has 5 nitrogen and oxygen atoms in total. The largest absolute Gasteiger partial charge is 0.353 e. The molecule has 26 heavy (non-hydrogen) atoms. The lowest BCUT2D eigenvalue weighted by molar-refractivity contribution is -0.122. The molecule has 0 fully saturated rings. The van der Waals surface area contributed by atoms with Gasteiger partial charge in [-0.15, -0.1) is 0 Å². The van der Waals surface area contributed by atoms with Crippen LogP contribution >= 0.6 is 23.2 Å². The van der Waals surface area contributed by atoms with Crippen molar-refractivity contribution in [3.8, 4) is 0 Å². The predicted molar refractivity (Wildman–Crippen MR) is 109 cm³/mol. The molecule has 1 amide bonds. The maximum atomic E-state index is 12.2. The van der Waals surface area contributed by atoms with E-state index >= 15 is 0 Å². The highest BCUT2D eigenvalue weighted by molar-refractivity contribution is 7.92. The normalized spacial score (nSPS) is 12.1. The minimum Gasteiger partial charge on any atom is -0.353 e. The number of sulfonamides is 1. The molecule has 8 heteroatoms. The summed E-state index contributed by atoms with van der Waals surface area (Å²) in [5.74, 6) is 0.580. The van der Waals surface area contributed by atoms with E-state index in [0.717, 1.165) is 6.26 Å². The Morgan fingerprint density at radius 2 is 1.73 bits per heavy atom. The Labute approximate surface area is 167 Å². The van der Waals surface area contributed by atoms with E-state index in [1.165, 1.54) is 10.4 Å². The third-order valence-electron chi connectivity index (χ3n) is 4.11. The predicted octanol–water partition coefficient (Wildman–Crippen LogP) is 4.34. The van der Waals surface area contributed by atoms with Crippen molar-refractivity contribution in [3.63, 3.8) is 0 Å². The van der Waals surface area contributed by atoms with Crippen molar-refractivity contribution in [2.24, 2.45) is 11.8 Å². The summed E-state index contributed by atoms with van der Waals surface area (Å²) in [6.45, 7) is 8.42. The molecular weight excluding hydrogens is 395 g/mol. The Balaban J connectivity index is 2.78. The van der Waals surface area contributed by atoms with Gasteiger partial charge < -0.3 is 5.32 Å². The molecule has 0 atom stereocenters. The Bertz CT molecular complexity index is 713. The van der Waals surface area contributed by atoms with Gasteiger partial charge >= 0.3 is 0 Å². The van der Waals surface area contributed by atoms with E-state index in [0.29, 0.717) is 34.0 Å². The van der Waals surface area contributed by atoms with Crippen molar-refractivity contribution in [1.29, 1.82) is 0 Å². The van der Waals surface area contributed by atoms with Crippen LogP contribution in [0.1, 0.15) is 40.5 Å². The second kappa shape index (κ2) is 9.81. The van der Waals surface area contributed by atoms with Gasteiger partial charge in [-0.1, -0.05) is 50.9 Å². The van der Waals surface area contributed by atoms with Gasteiger partial charge in [0.25, 0.3) is 0 Å². The highest BCUT2D eigenvalue weighted by Gasteiger charge is 2.22. The fraction of sp³-hybridized carbons (Fsp3) is 0.611. The van der Waals surface area contributed by atoms with Crippen molar-refractivity contribution < 1.29 is 13.2 Å². The average molecular weight is 423 g/mol. The van der Waals surface area contributed by atoms with Gasteiger partial charge in [0.2, 0.25) is 15.9 Å². The van der Waals surface area contributed by atoms with E-state index in [1.54, 1.807) is 12.1 Å². The molecule has 0 radical (unpaired) electrons. The first-order chi connectivity index (χ1) is 11.9. The van der Waals surface area contributed by atoms with Crippen molar-refractivity contribution >= 4 is 44.8 Å². The molecule has 0 saturated carbocycles. The van der Waals surface area contributed by atoms with E-state index in [2.05, 4.69) is 33.0 Å². The number of rotatable bonds is 9. The highest BCUT2D eigenvalue weighted by atomic mass is 35.5. The topological polar surface area (TPSA) is 66.5 Å². The summed E-state index contributed by atoms with van der Waals surface area (Å²) in [6, 6.07) is 4.76. The van der Waals surface area contributed by atoms with E-state index in [4.69, 9.17) is 23.2 Å². The first kappa shape index (κ1) is 23.1. The third-order valence-corrected chi connectivity index (χ3v) is 5.84. The minimum absolute atomic E-state index is 0.0805. The lowest BCUT2D eigenvalue weighted by Crippen LogP contribution is -2.42. The second-order valence-corrected chi connectivity index (χ2v) is 9.87. The number of nitrogens with zero attached hydrogens (tertiary/aromatic N) is 1. The third kappa shape index (κ3) is 6.97. The van der Waals surface area contributed by atoms with Crippen LogP contribution in [0.3, 0.4) is 0 Å². The first-order valence-corrected chi connectivity index (χ1v) is 11.3. The molecule has 0 aromatic heterocycles. The fourth-order valence-corrected chi connectivity index (χ4v) is 4.29. The first-order valence-electron chi connectivity index (χ1n) is 8.65. The molecule has 0 aliphatic heterocycles. The maximum absolute atomic E-state index is 12.2. The molecule has 0 heterocycles. The summed E-state index contributed by atoms with van der Waals surface area (Å²) in [4.78, 5) is 12.2. The summed E-state index contributed by atoms with van der Waals surface area (Å²) in [7, 11) is -3.55. The molecular formula is C18H28Cl2N2O3S. The smallest absolute Gasteiger partial charge is 0.232 e. The lowest BCUT2D eigenvalue weighted by atomic mass is 9.93. The summed E-state index contributed by atoms with van der Waals surface area (Å²) >= 11 is 12.1. The van der Waals surface area contributed by atoms with E-state index < -0.39 is 10.0 Å². The number of anilines is 1. The zero-order chi connectivity index (χ0) is 20.1. The number of amides is 1. The number of carbonyl (C=O) groups excluding carboxylic acids is 1. The Morgan fingerprint density at radius 3 is 2.23 bits per heavy atom. The molecule has 0 aliphatic carbocycles. The monoisotopic (exact) mass is 422 g/mol. The Morgan fingerprint density at radius 1 is 1.15 bits per heavy atom. The number of nitrogens with one attached hydrogen (secondary N) is 1. The quantitative estimate of drug-likeness (QED) is 0.643. The van der Waals surface area contributed by atoms with Crippen LogP contribution in [-0.4, -0.2) is 33.2 Å². The van der Waals surface area contributed by atoms with E-state index in [-0.39, 0.29) is 24.9 Å². The van der Waals surface area contributed by atoms with Gasteiger partial charge in [-0.05, 0) is 36.5 Å². The van der Waals surface area contributed by atoms with Crippen molar-refractivity contribution in [3.05, 3.63) is 28.2 Å². The minimum atomic E-state index is -3.55. The summed E-state index contributed by atoms with van der Waals surface area (Å²) in [5, 5.41) is 3.73. The van der Waals surface area contributed by atoms with Gasteiger partial charge in [-0.2, -0.15) is 0 Å². The molecule has 1 rings (SSSR count). The number of carbonyl (C=O) groups is 1. The molecule has 0 unspecified atom stereocenters. The van der Waals surface area contributed by atoms with E-state index in [9.17, 15) is 13.2 Å². The van der Waals surface area contributed by atoms with Gasteiger partial charge in [0, 0.05) is 24.0 Å². The van der Waals surface area contributed by atoms with Crippen LogP contribution in [0, 0.1) is 11.8 Å². The van der Waals surface area contributed by atoms with Gasteiger partial charge in [0.1, 0.15) is 0 Å². The van der Waals surface area contributed by atoms with Crippen LogP contribution in [0.15, 0.2) is 18.2 Å². The van der Waals surface area contributed by atoms with Gasteiger partial charge in [0.05, 0.1) is 17.0 Å². The van der Waals surface area contributed by atoms with Crippen molar-refractivity contribution in [1.82, 2.24) is 5.32 Å². The summed E-state index contributed by atoms with van der Waals surface area (Å²) < 4.78 is 25.5. The zero-order valence-corrected chi connectivity index (χ0v) is 18.2. The molecule has 148 valence electrons. The molecule has 0 bridgehead atoms. The standard InChI is InChI=1S/C18H28Cl2N2O3S/c1-12(2)18(13(3)4)21-17(23)7-6-10-22(26(5,24)25)16-11-14(19)8-9-15(16)20/h8-9,11-13,18H,6-7,10H2,1-5H3,(H,21,23). The molecule has 0 saturated heterocycles. The fourth-order valence-electron chi connectivity index (χ4n) is 2.89. The van der Waals surface area contributed by atoms with Crippen molar-refractivity contribution in [2.75, 3.05) is 17.1 Å². The zero-order valence-electron chi connectivity index (χ0n) is 15.9. The lowest BCUT2D eigenvalue weighted by Gasteiger charge is -2.27. The highest BCUT2D eigenvalue weighted by Crippen LogP contribution is 2.30. The number of hydrogen-bond acceptors (Lipinski definition) is 3. The van der Waals surface area contributed by atoms with Crippen LogP contribution < -0.4 is 9.62 Å². The Kier molecular flexibility index (Phi) is 8.70. The second-order valence-electron chi connectivity index (χ2n) is 7.12. The van der Waals surface area contributed by atoms with Crippen LogP contribution in [0.4, 0.5) is 5.69 Å². The average Bonchev–Trinajstić information content (AvgIpc) is 2.50. The number of halogens is 2. The van der Waals surface area contributed by atoms with E-state index in [1.807, 2.05) is 0 Å². The summed E-state index contributed by atoms with van der Waals surface area (Å²) in [6.07, 6.45) is 1.72. The van der Waals surface area contributed by atoms with Crippen molar-refractivity contribution in [2.45, 2.75) is 46.6 Å². The maximum Gasteiger partial charge on any atom is 0.232 e. The molecule has 1 aromatic rings. The number of hydrogen-bond donors (Lipinski definition) is 1. The van der Waals surface area contributed by atoms with Gasteiger partial charge in [0.15, 0.2) is 0 Å².